The zero-order valence-corrected chi connectivity index (χ0v) is 9.22. The summed E-state index contributed by atoms with van der Waals surface area (Å²) >= 11 is 4.47. The predicted octanol–water partition coefficient (Wildman–Crippen LogP) is 1.18. The first kappa shape index (κ1) is 11.9. The van der Waals surface area contributed by atoms with Crippen molar-refractivity contribution in [3.8, 4) is 0 Å². The lowest BCUT2D eigenvalue weighted by atomic mass is 10.4. The molecule has 0 bridgehead atoms. The Balaban J connectivity index is 3.53. The molecular formula is C5H14O3PS2+. The third kappa shape index (κ3) is 6.08. The van der Waals surface area contributed by atoms with Crippen LogP contribution in [0.2, 0.25) is 0 Å². The molecule has 0 aromatic heterocycles. The zero-order chi connectivity index (χ0) is 8.91. The maximum absolute atomic E-state index is 8.95. The van der Waals surface area contributed by atoms with Crippen molar-refractivity contribution in [2.75, 3.05) is 12.9 Å². The fourth-order valence-electron chi connectivity index (χ4n) is 0.393. The lowest BCUT2D eigenvalue weighted by Gasteiger charge is -2.04. The van der Waals surface area contributed by atoms with Gasteiger partial charge >= 0.3 is 5.69 Å². The summed E-state index contributed by atoms with van der Waals surface area (Å²) in [5, 5.41) is 0. The summed E-state index contributed by atoms with van der Waals surface area (Å²) in [6, 6.07) is 0. The van der Waals surface area contributed by atoms with Crippen LogP contribution in [0, 0.1) is 0 Å². The first-order valence-corrected chi connectivity index (χ1v) is 8.21. The van der Waals surface area contributed by atoms with E-state index in [2.05, 4.69) is 11.8 Å². The van der Waals surface area contributed by atoms with Crippen LogP contribution in [0.4, 0.5) is 0 Å². The SMILES string of the molecule is CCCCO[S+](C)P(O)(O)=S. The maximum atomic E-state index is 8.95. The van der Waals surface area contributed by atoms with Gasteiger partial charge in [-0.2, -0.15) is 4.18 Å². The minimum absolute atomic E-state index is 0.565. The van der Waals surface area contributed by atoms with E-state index < -0.39 is 16.5 Å². The highest BCUT2D eigenvalue weighted by atomic mass is 32.9. The number of hydrogen-bond donors (Lipinski definition) is 2. The molecule has 68 valence electrons. The van der Waals surface area contributed by atoms with E-state index in [4.69, 9.17) is 14.0 Å². The molecule has 11 heavy (non-hydrogen) atoms. The van der Waals surface area contributed by atoms with Gasteiger partial charge in [-0.05, 0) is 6.42 Å². The van der Waals surface area contributed by atoms with E-state index >= 15 is 0 Å². The van der Waals surface area contributed by atoms with Crippen LogP contribution in [-0.2, 0) is 26.8 Å². The smallest absolute Gasteiger partial charge is 0.305 e. The van der Waals surface area contributed by atoms with Crippen molar-refractivity contribution in [2.45, 2.75) is 19.8 Å². The predicted molar refractivity (Wildman–Crippen MR) is 52.9 cm³/mol. The van der Waals surface area contributed by atoms with E-state index in [0.29, 0.717) is 6.61 Å². The molecule has 3 nitrogen and oxygen atoms in total. The Morgan fingerprint density at radius 3 is 2.45 bits per heavy atom. The van der Waals surface area contributed by atoms with Gasteiger partial charge in [0, 0.05) is 11.8 Å². The second-order valence-electron chi connectivity index (χ2n) is 2.09. The van der Waals surface area contributed by atoms with E-state index in [-0.39, 0.29) is 0 Å². The van der Waals surface area contributed by atoms with Gasteiger partial charge in [-0.1, -0.05) is 13.3 Å². The molecule has 6 heteroatoms. The van der Waals surface area contributed by atoms with E-state index in [0.717, 1.165) is 12.8 Å². The Hall–Kier alpha value is 0.880. The minimum Gasteiger partial charge on any atom is -0.305 e. The van der Waals surface area contributed by atoms with Gasteiger partial charge in [0.1, 0.15) is 12.9 Å². The van der Waals surface area contributed by atoms with Gasteiger partial charge in [-0.25, -0.2) is 0 Å². The van der Waals surface area contributed by atoms with Gasteiger partial charge in [0.15, 0.2) is 0 Å². The molecule has 0 heterocycles. The lowest BCUT2D eigenvalue weighted by Crippen LogP contribution is -2.05. The van der Waals surface area contributed by atoms with Gasteiger partial charge in [0.2, 0.25) is 10.8 Å². The molecule has 1 unspecified atom stereocenters. The fourth-order valence-corrected chi connectivity index (χ4v) is 1.91. The van der Waals surface area contributed by atoms with Crippen molar-refractivity contribution in [1.82, 2.24) is 0 Å². The molecule has 0 spiro atoms. The Kier molecular flexibility index (Phi) is 5.95. The van der Waals surface area contributed by atoms with Crippen LogP contribution in [0.25, 0.3) is 0 Å². The van der Waals surface area contributed by atoms with Gasteiger partial charge in [0.05, 0.1) is 0 Å². The summed E-state index contributed by atoms with van der Waals surface area (Å²) in [7, 11) is -0.852. The van der Waals surface area contributed by atoms with E-state index in [1.54, 1.807) is 6.26 Å². The molecule has 0 amide bonds. The molecule has 0 aliphatic rings. The number of unbranched alkanes of at least 4 members (excludes halogenated alkanes) is 1. The van der Waals surface area contributed by atoms with Crippen LogP contribution < -0.4 is 0 Å². The third-order valence-electron chi connectivity index (χ3n) is 1.09. The van der Waals surface area contributed by atoms with Crippen LogP contribution in [-0.4, -0.2) is 22.6 Å². The summed E-state index contributed by atoms with van der Waals surface area (Å²) in [6.45, 7) is 2.61. The highest BCUT2D eigenvalue weighted by molar-refractivity contribution is 8.62. The molecule has 0 saturated heterocycles. The molecule has 0 fully saturated rings. The molecule has 2 N–H and O–H groups in total. The van der Waals surface area contributed by atoms with Gasteiger partial charge in [-0.15, -0.1) is 0 Å². The molecule has 0 saturated carbocycles. The van der Waals surface area contributed by atoms with Crippen molar-refractivity contribution in [3.05, 3.63) is 0 Å². The summed E-state index contributed by atoms with van der Waals surface area (Å²) in [6.07, 6.45) is 3.60. The van der Waals surface area contributed by atoms with Crippen LogP contribution in [0.1, 0.15) is 19.8 Å². The van der Waals surface area contributed by atoms with Crippen molar-refractivity contribution < 1.29 is 14.0 Å². The Morgan fingerprint density at radius 1 is 1.55 bits per heavy atom. The third-order valence-corrected chi connectivity index (χ3v) is 6.48. The highest BCUT2D eigenvalue weighted by Gasteiger charge is 2.32. The molecule has 0 aromatic rings. The topological polar surface area (TPSA) is 49.7 Å². The molecule has 0 aliphatic heterocycles. The number of rotatable bonds is 5. The first-order chi connectivity index (χ1) is 4.98. The standard InChI is InChI=1S/C5H13O3PS2/c1-3-4-5-8-11(2)9(6,7)10/h3-5H2,1-2H3,(H-,6,7,10)/p+1. The zero-order valence-electron chi connectivity index (χ0n) is 6.69. The van der Waals surface area contributed by atoms with Gasteiger partial charge < -0.3 is 9.79 Å². The summed E-state index contributed by atoms with van der Waals surface area (Å²) in [5.74, 6) is 0. The molecule has 1 atom stereocenters. The lowest BCUT2D eigenvalue weighted by molar-refractivity contribution is 0.354. The molecule has 0 aromatic carbocycles. The van der Waals surface area contributed by atoms with Gasteiger partial charge in [0.25, 0.3) is 0 Å². The normalized spacial score (nSPS) is 14.9. The number of hydrogen-bond acceptors (Lipinski definition) is 2. The van der Waals surface area contributed by atoms with Crippen LogP contribution in [0.15, 0.2) is 0 Å². The van der Waals surface area contributed by atoms with E-state index in [1.165, 1.54) is 0 Å². The molecular weight excluding hydrogens is 203 g/mol. The van der Waals surface area contributed by atoms with E-state index in [9.17, 15) is 0 Å². The van der Waals surface area contributed by atoms with E-state index in [1.807, 2.05) is 6.92 Å². The average molecular weight is 217 g/mol. The molecule has 0 aliphatic carbocycles. The Labute approximate surface area is 75.2 Å². The van der Waals surface area contributed by atoms with Crippen molar-refractivity contribution in [3.63, 3.8) is 0 Å². The highest BCUT2D eigenvalue weighted by Crippen LogP contribution is 2.44. The molecule has 0 rings (SSSR count). The summed E-state index contributed by atoms with van der Waals surface area (Å²) in [4.78, 5) is 17.9. The van der Waals surface area contributed by atoms with Crippen LogP contribution in [0.5, 0.6) is 0 Å². The maximum Gasteiger partial charge on any atom is 0.427 e. The Morgan fingerprint density at radius 2 is 2.09 bits per heavy atom. The summed E-state index contributed by atoms with van der Waals surface area (Å²) < 4.78 is 5.12. The van der Waals surface area contributed by atoms with Crippen molar-refractivity contribution in [2.24, 2.45) is 0 Å². The second-order valence-corrected chi connectivity index (χ2v) is 9.45. The second kappa shape index (κ2) is 5.51. The monoisotopic (exact) mass is 217 g/mol. The van der Waals surface area contributed by atoms with Crippen LogP contribution in [0.3, 0.4) is 0 Å². The first-order valence-electron chi connectivity index (χ1n) is 3.34. The average Bonchev–Trinajstić information content (AvgIpc) is 1.86. The van der Waals surface area contributed by atoms with Crippen molar-refractivity contribution in [1.29, 1.82) is 0 Å². The minimum atomic E-state index is -3.16. The fraction of sp³-hybridized carbons (Fsp3) is 1.00. The van der Waals surface area contributed by atoms with Crippen LogP contribution >= 0.6 is 5.69 Å². The summed E-state index contributed by atoms with van der Waals surface area (Å²) in [5.41, 5.74) is -3.16. The van der Waals surface area contributed by atoms with Gasteiger partial charge in [-0.3, -0.25) is 0 Å². The largest absolute Gasteiger partial charge is 0.427 e. The molecule has 0 radical (unpaired) electrons. The quantitative estimate of drug-likeness (QED) is 0.412. The van der Waals surface area contributed by atoms with Crippen molar-refractivity contribution >= 4 is 28.3 Å². The Bertz CT molecular complexity index is 147.